The first-order valence-electron chi connectivity index (χ1n) is 7.64. The Balaban J connectivity index is 1.62. The van der Waals surface area contributed by atoms with Gasteiger partial charge in [-0.15, -0.1) is 0 Å². The van der Waals surface area contributed by atoms with Crippen LogP contribution in [0.4, 0.5) is 0 Å². The predicted molar refractivity (Wildman–Crippen MR) is 76.9 cm³/mol. The number of rotatable bonds is 2. The summed E-state index contributed by atoms with van der Waals surface area (Å²) in [5, 5.41) is 17.0. The summed E-state index contributed by atoms with van der Waals surface area (Å²) in [7, 11) is 0. The van der Waals surface area contributed by atoms with Gasteiger partial charge in [0.2, 0.25) is 5.89 Å². The smallest absolute Gasteiger partial charge is 0.243 e. The van der Waals surface area contributed by atoms with E-state index in [1.807, 2.05) is 0 Å². The molecule has 1 aromatic heterocycles. The molecular formula is C16H19N3O2. The second kappa shape index (κ2) is 5.24. The number of fused-ring (bicyclic) bond motifs is 1. The van der Waals surface area contributed by atoms with E-state index in [1.165, 1.54) is 11.1 Å². The van der Waals surface area contributed by atoms with Gasteiger partial charge in [0, 0.05) is 12.5 Å². The van der Waals surface area contributed by atoms with Crippen molar-refractivity contribution in [2.24, 2.45) is 0 Å². The van der Waals surface area contributed by atoms with Crippen molar-refractivity contribution in [2.45, 2.75) is 43.7 Å². The second-order valence-corrected chi connectivity index (χ2v) is 5.98. The first-order valence-corrected chi connectivity index (χ1v) is 7.64. The van der Waals surface area contributed by atoms with Crippen LogP contribution in [0.25, 0.3) is 0 Å². The fourth-order valence-corrected chi connectivity index (χ4v) is 3.46. The molecule has 2 heterocycles. The summed E-state index contributed by atoms with van der Waals surface area (Å²) in [5.74, 6) is 1.61. The molecule has 1 aliphatic heterocycles. The fourth-order valence-electron chi connectivity index (χ4n) is 3.46. The highest BCUT2D eigenvalue weighted by atomic mass is 16.5. The minimum Gasteiger partial charge on any atom is -0.392 e. The monoisotopic (exact) mass is 285 g/mol. The number of hydrogen-bond donors (Lipinski definition) is 2. The van der Waals surface area contributed by atoms with Gasteiger partial charge in [0.1, 0.15) is 0 Å². The van der Waals surface area contributed by atoms with Gasteiger partial charge < -0.3 is 14.9 Å². The lowest BCUT2D eigenvalue weighted by Gasteiger charge is -2.22. The zero-order chi connectivity index (χ0) is 14.2. The maximum Gasteiger partial charge on any atom is 0.243 e. The molecule has 0 amide bonds. The Morgan fingerprint density at radius 2 is 2.19 bits per heavy atom. The van der Waals surface area contributed by atoms with Crippen LogP contribution in [0.15, 0.2) is 28.8 Å². The van der Waals surface area contributed by atoms with E-state index in [9.17, 15) is 5.11 Å². The Morgan fingerprint density at radius 3 is 3.05 bits per heavy atom. The molecule has 21 heavy (non-hydrogen) atoms. The molecule has 2 aliphatic rings. The van der Waals surface area contributed by atoms with Crippen molar-refractivity contribution in [3.63, 3.8) is 0 Å². The van der Waals surface area contributed by atoms with E-state index in [4.69, 9.17) is 4.52 Å². The zero-order valence-electron chi connectivity index (χ0n) is 11.8. The molecule has 1 aliphatic carbocycles. The van der Waals surface area contributed by atoms with Crippen LogP contribution in [0.1, 0.15) is 54.1 Å². The Hall–Kier alpha value is -1.72. The third kappa shape index (κ3) is 2.36. The fraction of sp³-hybridized carbons (Fsp3) is 0.500. The van der Waals surface area contributed by atoms with Crippen molar-refractivity contribution in [1.82, 2.24) is 15.5 Å². The van der Waals surface area contributed by atoms with Crippen molar-refractivity contribution in [1.29, 1.82) is 0 Å². The average molecular weight is 285 g/mol. The van der Waals surface area contributed by atoms with E-state index in [1.54, 1.807) is 0 Å². The topological polar surface area (TPSA) is 71.2 Å². The third-order valence-corrected chi connectivity index (χ3v) is 4.54. The number of aryl methyl sites for hydroxylation is 1. The number of benzene rings is 1. The Kier molecular flexibility index (Phi) is 3.24. The van der Waals surface area contributed by atoms with Gasteiger partial charge in [-0.3, -0.25) is 0 Å². The van der Waals surface area contributed by atoms with Gasteiger partial charge >= 0.3 is 0 Å². The van der Waals surface area contributed by atoms with Crippen LogP contribution < -0.4 is 5.32 Å². The molecule has 1 saturated heterocycles. The van der Waals surface area contributed by atoms with Gasteiger partial charge in [-0.05, 0) is 36.8 Å². The molecule has 4 rings (SSSR count). The summed E-state index contributed by atoms with van der Waals surface area (Å²) in [6, 6.07) is 8.52. The number of aromatic nitrogens is 2. The van der Waals surface area contributed by atoms with Crippen LogP contribution in [0.3, 0.4) is 0 Å². The number of β-amino-alcohol motifs (C(OH)–C–C–N with tert-alkyl or cyclic N) is 1. The summed E-state index contributed by atoms with van der Waals surface area (Å²) in [5.41, 5.74) is 2.73. The molecule has 0 radical (unpaired) electrons. The SMILES string of the molecule is O[C@@H]1CN[C@H](c2nc(C3CCCc4ccccc43)no2)C1. The molecular weight excluding hydrogens is 266 g/mol. The molecule has 5 nitrogen and oxygen atoms in total. The van der Waals surface area contributed by atoms with E-state index in [0.717, 1.165) is 25.1 Å². The zero-order valence-corrected chi connectivity index (χ0v) is 11.8. The van der Waals surface area contributed by atoms with E-state index in [2.05, 4.69) is 39.7 Å². The Labute approximate surface area is 123 Å². The summed E-state index contributed by atoms with van der Waals surface area (Å²) in [4.78, 5) is 4.60. The summed E-state index contributed by atoms with van der Waals surface area (Å²) >= 11 is 0. The van der Waals surface area contributed by atoms with Gasteiger partial charge in [0.25, 0.3) is 0 Å². The lowest BCUT2D eigenvalue weighted by Crippen LogP contribution is -2.15. The van der Waals surface area contributed by atoms with Gasteiger partial charge in [0.05, 0.1) is 12.1 Å². The number of hydrogen-bond acceptors (Lipinski definition) is 5. The minimum absolute atomic E-state index is 0.0138. The molecule has 3 atom stereocenters. The van der Waals surface area contributed by atoms with Crippen molar-refractivity contribution in [3.8, 4) is 0 Å². The van der Waals surface area contributed by atoms with Crippen LogP contribution in [-0.2, 0) is 6.42 Å². The van der Waals surface area contributed by atoms with Crippen LogP contribution in [0, 0.1) is 0 Å². The molecule has 2 aromatic rings. The molecule has 0 bridgehead atoms. The number of aliphatic hydroxyl groups is 1. The largest absolute Gasteiger partial charge is 0.392 e. The van der Waals surface area contributed by atoms with Crippen molar-refractivity contribution < 1.29 is 9.63 Å². The Bertz CT molecular complexity index is 640. The van der Waals surface area contributed by atoms with Gasteiger partial charge in [-0.1, -0.05) is 29.4 Å². The van der Waals surface area contributed by atoms with Gasteiger partial charge in [0.15, 0.2) is 5.82 Å². The van der Waals surface area contributed by atoms with Crippen LogP contribution >= 0.6 is 0 Å². The van der Waals surface area contributed by atoms with E-state index in [-0.39, 0.29) is 18.1 Å². The number of nitrogens with zero attached hydrogens (tertiary/aromatic N) is 2. The highest BCUT2D eigenvalue weighted by Crippen LogP contribution is 2.35. The molecule has 5 heteroatoms. The van der Waals surface area contributed by atoms with Crippen molar-refractivity contribution >= 4 is 0 Å². The van der Waals surface area contributed by atoms with E-state index < -0.39 is 0 Å². The maximum atomic E-state index is 9.59. The second-order valence-electron chi connectivity index (χ2n) is 5.98. The maximum absolute atomic E-state index is 9.59. The molecule has 1 unspecified atom stereocenters. The number of nitrogens with one attached hydrogen (secondary N) is 1. The van der Waals surface area contributed by atoms with Crippen LogP contribution in [-0.4, -0.2) is 27.9 Å². The third-order valence-electron chi connectivity index (χ3n) is 4.54. The normalized spacial score (nSPS) is 28.5. The summed E-state index contributed by atoms with van der Waals surface area (Å²) in [6.45, 7) is 0.592. The molecule has 2 N–H and O–H groups in total. The lowest BCUT2D eigenvalue weighted by molar-refractivity contribution is 0.191. The summed E-state index contributed by atoms with van der Waals surface area (Å²) in [6.07, 6.45) is 3.68. The van der Waals surface area contributed by atoms with Crippen LogP contribution in [0.2, 0.25) is 0 Å². The van der Waals surface area contributed by atoms with Crippen molar-refractivity contribution in [3.05, 3.63) is 47.1 Å². The van der Waals surface area contributed by atoms with E-state index >= 15 is 0 Å². The average Bonchev–Trinajstić information content (AvgIpc) is 3.15. The highest BCUT2D eigenvalue weighted by Gasteiger charge is 2.31. The quantitative estimate of drug-likeness (QED) is 0.882. The number of aliphatic hydroxyl groups excluding tert-OH is 1. The molecule has 1 fully saturated rings. The first kappa shape index (κ1) is 13.0. The van der Waals surface area contributed by atoms with Crippen LogP contribution in [0.5, 0.6) is 0 Å². The highest BCUT2D eigenvalue weighted by molar-refractivity contribution is 5.36. The van der Waals surface area contributed by atoms with Gasteiger partial charge in [-0.2, -0.15) is 4.98 Å². The molecule has 1 aromatic carbocycles. The summed E-state index contributed by atoms with van der Waals surface area (Å²) < 4.78 is 5.43. The van der Waals surface area contributed by atoms with Crippen molar-refractivity contribution in [2.75, 3.05) is 6.54 Å². The molecule has 0 spiro atoms. The molecule has 110 valence electrons. The predicted octanol–water partition coefficient (Wildman–Crippen LogP) is 1.93. The van der Waals surface area contributed by atoms with E-state index in [0.29, 0.717) is 18.9 Å². The van der Waals surface area contributed by atoms with Gasteiger partial charge in [-0.25, -0.2) is 0 Å². The minimum atomic E-state index is -0.319. The Morgan fingerprint density at radius 1 is 1.29 bits per heavy atom. The molecule has 0 saturated carbocycles. The standard InChI is InChI=1S/C16H19N3O2/c20-11-8-14(17-9-11)16-18-15(19-21-16)13-7-3-5-10-4-1-2-6-12(10)13/h1-2,4,6,11,13-14,17,20H,3,5,7-9H2/t11-,13?,14-/m0/s1. The first-order chi connectivity index (χ1) is 10.3. The lowest BCUT2D eigenvalue weighted by atomic mass is 9.82.